The summed E-state index contributed by atoms with van der Waals surface area (Å²) >= 11 is 0. The number of hydrogen-bond acceptors (Lipinski definition) is 8. The van der Waals surface area contributed by atoms with Gasteiger partial charge in [-0.3, -0.25) is 29.0 Å². The highest BCUT2D eigenvalue weighted by molar-refractivity contribution is 6.24. The summed E-state index contributed by atoms with van der Waals surface area (Å²) < 4.78 is 6.08. The third kappa shape index (κ3) is 5.53. The van der Waals surface area contributed by atoms with E-state index < -0.39 is 35.5 Å². The summed E-state index contributed by atoms with van der Waals surface area (Å²) in [5.41, 5.74) is 5.23. The van der Waals surface area contributed by atoms with E-state index in [4.69, 9.17) is 4.42 Å². The Labute approximate surface area is 305 Å². The summed E-state index contributed by atoms with van der Waals surface area (Å²) in [5.74, 6) is -4.33. The number of amides is 4. The van der Waals surface area contributed by atoms with Gasteiger partial charge in [0.2, 0.25) is 23.6 Å². The smallest absolute Gasteiger partial charge is 0.238 e. The number of benzene rings is 4. The Morgan fingerprint density at radius 2 is 1.08 bits per heavy atom. The van der Waals surface area contributed by atoms with Crippen LogP contribution < -0.4 is 20.4 Å². The van der Waals surface area contributed by atoms with Crippen LogP contribution in [0.15, 0.2) is 137 Å². The number of hydrogen-bond donors (Lipinski definition) is 3. The third-order valence-electron chi connectivity index (χ3n) is 11.2. The number of aliphatic hydroxyl groups excluding tert-OH is 1. The predicted molar refractivity (Wildman–Crippen MR) is 199 cm³/mol. The molecule has 264 valence electrons. The lowest BCUT2D eigenvalue weighted by Crippen LogP contribution is -2.43. The van der Waals surface area contributed by atoms with Crippen molar-refractivity contribution in [3.8, 4) is 0 Å². The molecular formula is C43H36N4O6. The molecule has 1 aromatic heterocycles. The number of furan rings is 1. The first-order valence-electron chi connectivity index (χ1n) is 17.9. The lowest BCUT2D eigenvalue weighted by Gasteiger charge is -2.43. The van der Waals surface area contributed by atoms with Crippen LogP contribution in [-0.2, 0) is 25.8 Å². The Morgan fingerprint density at radius 1 is 0.566 bits per heavy atom. The van der Waals surface area contributed by atoms with Crippen molar-refractivity contribution in [2.45, 2.75) is 25.4 Å². The molecule has 53 heavy (non-hydrogen) atoms. The molecule has 5 aromatic rings. The molecule has 3 heterocycles. The second-order valence-corrected chi connectivity index (χ2v) is 14.1. The van der Waals surface area contributed by atoms with Gasteiger partial charge in [0.1, 0.15) is 18.1 Å². The Balaban J connectivity index is 1.02. The minimum absolute atomic E-state index is 0.253. The Morgan fingerprint density at radius 3 is 1.60 bits per heavy atom. The van der Waals surface area contributed by atoms with Gasteiger partial charge in [-0.25, -0.2) is 0 Å². The maximum Gasteiger partial charge on any atom is 0.238 e. The molecule has 6 atom stereocenters. The zero-order chi connectivity index (χ0) is 36.2. The maximum atomic E-state index is 14.4. The number of anilines is 6. The molecule has 3 N–H and O–H groups in total. The Bertz CT molecular complexity index is 2250. The average Bonchev–Trinajstić information content (AvgIpc) is 3.84. The maximum absolute atomic E-state index is 14.4. The lowest BCUT2D eigenvalue weighted by atomic mass is 9.58. The third-order valence-corrected chi connectivity index (χ3v) is 11.2. The number of nitrogens with zero attached hydrogens (tertiary/aromatic N) is 2. The van der Waals surface area contributed by atoms with E-state index >= 15 is 0 Å². The standard InChI is InChI=1S/C43H36N4O6/c48-24-31-19-22-36(53-31)38-32-20-21-33-37(42(51)46(40(33)49)29-15-11-27(12-16-29)44-25-7-3-1-4-8-25)34(32)23-35-39(38)43(52)47(41(35)50)30-17-13-28(14-18-30)45-26-9-5-2-6-10-26/h1-20,22,33-35,37-39,44-45,48H,21,23-24H2/t33-,34+,35+,37-,38+,39+/m0/s1. The molecule has 4 aromatic carbocycles. The van der Waals surface area contributed by atoms with Crippen LogP contribution in [0.4, 0.5) is 34.1 Å². The number of aliphatic hydroxyl groups is 1. The number of carbonyl (C=O) groups is 4. The molecule has 0 unspecified atom stereocenters. The fraction of sp³-hybridized carbons (Fsp3) is 0.209. The summed E-state index contributed by atoms with van der Waals surface area (Å²) in [7, 11) is 0. The van der Waals surface area contributed by atoms with Crippen molar-refractivity contribution >= 4 is 57.8 Å². The lowest BCUT2D eigenvalue weighted by molar-refractivity contribution is -0.126. The minimum atomic E-state index is -0.769. The monoisotopic (exact) mass is 704 g/mol. The SMILES string of the molecule is O=C1[C@H]2[C@H](CC=C3[C@H]2C[C@H]2C(=O)N(c4ccc(Nc5ccccc5)cc4)C(=O)[C@H]2[C@H]3c2ccc(CO)o2)C(=O)N1c1ccc(Nc2ccccc2)cc1. The zero-order valence-corrected chi connectivity index (χ0v) is 28.6. The number of nitrogens with one attached hydrogen (secondary N) is 2. The second-order valence-electron chi connectivity index (χ2n) is 14.1. The van der Waals surface area contributed by atoms with Crippen molar-refractivity contribution in [1.82, 2.24) is 0 Å². The highest BCUT2D eigenvalue weighted by atomic mass is 16.4. The summed E-state index contributed by atoms with van der Waals surface area (Å²) in [6.45, 7) is -0.321. The molecular weight excluding hydrogens is 668 g/mol. The summed E-state index contributed by atoms with van der Waals surface area (Å²) in [5, 5.41) is 16.5. The first-order chi connectivity index (χ1) is 25.9. The molecule has 2 aliphatic carbocycles. The number of para-hydroxylation sites is 2. The first-order valence-corrected chi connectivity index (χ1v) is 17.9. The molecule has 2 aliphatic heterocycles. The largest absolute Gasteiger partial charge is 0.463 e. The van der Waals surface area contributed by atoms with Gasteiger partial charge < -0.3 is 20.2 Å². The molecule has 2 saturated heterocycles. The van der Waals surface area contributed by atoms with Crippen LogP contribution >= 0.6 is 0 Å². The molecule has 9 rings (SSSR count). The number of rotatable bonds is 8. The Hall–Kier alpha value is -6.26. The molecule has 10 heteroatoms. The van der Waals surface area contributed by atoms with E-state index in [2.05, 4.69) is 10.6 Å². The minimum Gasteiger partial charge on any atom is -0.463 e. The molecule has 3 fully saturated rings. The van der Waals surface area contributed by atoms with Crippen LogP contribution in [0.25, 0.3) is 0 Å². The van der Waals surface area contributed by atoms with Crippen molar-refractivity contribution in [3.05, 3.63) is 144 Å². The van der Waals surface area contributed by atoms with Crippen LogP contribution in [-0.4, -0.2) is 28.7 Å². The average molecular weight is 705 g/mol. The van der Waals surface area contributed by atoms with E-state index in [0.29, 0.717) is 29.3 Å². The van der Waals surface area contributed by atoms with E-state index in [1.54, 1.807) is 36.4 Å². The van der Waals surface area contributed by atoms with E-state index in [-0.39, 0.29) is 36.7 Å². The number of allylic oxidation sites excluding steroid dienone is 2. The van der Waals surface area contributed by atoms with Gasteiger partial charge >= 0.3 is 0 Å². The second kappa shape index (κ2) is 13.1. The fourth-order valence-corrected chi connectivity index (χ4v) is 8.82. The predicted octanol–water partition coefficient (Wildman–Crippen LogP) is 7.30. The highest BCUT2D eigenvalue weighted by Gasteiger charge is 2.62. The molecule has 4 aliphatic rings. The topological polar surface area (TPSA) is 132 Å². The fourth-order valence-electron chi connectivity index (χ4n) is 8.82. The van der Waals surface area contributed by atoms with E-state index in [1.807, 2.05) is 91.0 Å². The summed E-state index contributed by atoms with van der Waals surface area (Å²) in [4.78, 5) is 59.7. The first kappa shape index (κ1) is 32.6. The van der Waals surface area contributed by atoms with Gasteiger partial charge in [-0.15, -0.1) is 0 Å². The van der Waals surface area contributed by atoms with Gasteiger partial charge in [0, 0.05) is 22.7 Å². The normalized spacial score (nSPS) is 24.8. The van der Waals surface area contributed by atoms with E-state index in [1.165, 1.54) is 9.80 Å². The van der Waals surface area contributed by atoms with Crippen molar-refractivity contribution in [1.29, 1.82) is 0 Å². The van der Waals surface area contributed by atoms with Gasteiger partial charge in [0.15, 0.2) is 0 Å². The van der Waals surface area contributed by atoms with Crippen LogP contribution in [0.1, 0.15) is 30.3 Å². The van der Waals surface area contributed by atoms with E-state index in [9.17, 15) is 24.3 Å². The van der Waals surface area contributed by atoms with Crippen LogP contribution in [0.2, 0.25) is 0 Å². The van der Waals surface area contributed by atoms with Crippen molar-refractivity contribution < 1.29 is 28.7 Å². The quantitative estimate of drug-likeness (QED) is 0.113. The molecule has 0 spiro atoms. The molecule has 10 nitrogen and oxygen atoms in total. The molecule has 0 bridgehead atoms. The van der Waals surface area contributed by atoms with Crippen LogP contribution in [0, 0.1) is 29.6 Å². The van der Waals surface area contributed by atoms with Gasteiger partial charge in [-0.1, -0.05) is 48.0 Å². The van der Waals surface area contributed by atoms with Gasteiger partial charge in [-0.05, 0) is 104 Å². The van der Waals surface area contributed by atoms with Crippen molar-refractivity contribution in [2.24, 2.45) is 29.6 Å². The number of fused-ring (bicyclic) bond motifs is 4. The number of imide groups is 2. The summed E-state index contributed by atoms with van der Waals surface area (Å²) in [6.07, 6.45) is 2.57. The highest BCUT2D eigenvalue weighted by Crippen LogP contribution is 2.58. The van der Waals surface area contributed by atoms with Gasteiger partial charge in [0.05, 0.1) is 41.0 Å². The number of carbonyl (C=O) groups excluding carboxylic acids is 4. The molecule has 4 amide bonds. The van der Waals surface area contributed by atoms with Crippen molar-refractivity contribution in [3.63, 3.8) is 0 Å². The zero-order valence-electron chi connectivity index (χ0n) is 28.6. The van der Waals surface area contributed by atoms with E-state index in [0.717, 1.165) is 28.3 Å². The van der Waals surface area contributed by atoms with Crippen LogP contribution in [0.3, 0.4) is 0 Å². The van der Waals surface area contributed by atoms with Crippen molar-refractivity contribution in [2.75, 3.05) is 20.4 Å². The Kier molecular flexibility index (Phi) is 8.04. The molecule has 1 saturated carbocycles. The van der Waals surface area contributed by atoms with Gasteiger partial charge in [0.25, 0.3) is 0 Å². The summed E-state index contributed by atoms with van der Waals surface area (Å²) in [6, 6.07) is 37.2. The van der Waals surface area contributed by atoms with Crippen LogP contribution in [0.5, 0.6) is 0 Å². The van der Waals surface area contributed by atoms with Gasteiger partial charge in [-0.2, -0.15) is 0 Å². The molecule has 0 radical (unpaired) electrons.